The van der Waals surface area contributed by atoms with Crippen LogP contribution in [0.5, 0.6) is 5.75 Å². The minimum Gasteiger partial charge on any atom is -0.481 e. The molecule has 8 heteroatoms. The number of rotatable bonds is 5. The van der Waals surface area contributed by atoms with Crippen molar-refractivity contribution in [2.45, 2.75) is 37.1 Å². The lowest BCUT2D eigenvalue weighted by atomic mass is 9.99. The number of aliphatic carboxylic acids is 1. The van der Waals surface area contributed by atoms with Gasteiger partial charge in [0.05, 0.1) is 13.0 Å². The summed E-state index contributed by atoms with van der Waals surface area (Å²) in [5.41, 5.74) is 0.495. The summed E-state index contributed by atoms with van der Waals surface area (Å²) >= 11 is 0. The molecule has 1 aromatic carbocycles. The lowest BCUT2D eigenvalue weighted by Crippen LogP contribution is -2.60. The molecule has 0 saturated carbocycles. The highest BCUT2D eigenvalue weighted by Gasteiger charge is 2.44. The summed E-state index contributed by atoms with van der Waals surface area (Å²) in [5, 5.41) is 47.1. The molecule has 0 radical (unpaired) electrons. The molecule has 1 fully saturated rings. The number of hydrogen-bond acceptors (Lipinski definition) is 7. The molecule has 8 nitrogen and oxygen atoms in total. The van der Waals surface area contributed by atoms with Crippen LogP contribution in [0.25, 0.3) is 0 Å². The first kappa shape index (κ1) is 16.7. The van der Waals surface area contributed by atoms with E-state index in [1.54, 1.807) is 12.1 Å². The molecule has 0 unspecified atom stereocenters. The van der Waals surface area contributed by atoms with Gasteiger partial charge in [0.15, 0.2) is 0 Å². The molecular weight excluding hydrogens is 296 g/mol. The average Bonchev–Trinajstić information content (AvgIpc) is 2.47. The van der Waals surface area contributed by atoms with E-state index in [4.69, 9.17) is 19.7 Å². The van der Waals surface area contributed by atoms with Crippen molar-refractivity contribution in [3.63, 3.8) is 0 Å². The van der Waals surface area contributed by atoms with Crippen LogP contribution >= 0.6 is 0 Å². The topological polar surface area (TPSA) is 137 Å². The van der Waals surface area contributed by atoms with Crippen LogP contribution < -0.4 is 4.74 Å². The first-order chi connectivity index (χ1) is 10.4. The number of hydrogen-bond donors (Lipinski definition) is 5. The monoisotopic (exact) mass is 314 g/mol. The van der Waals surface area contributed by atoms with Gasteiger partial charge in [-0.3, -0.25) is 4.79 Å². The standard InChI is InChI=1S/C14H18O8/c15-6-9-11(18)12(19)13(20)14(22-9)21-8-3-1-2-7(4-8)5-10(16)17/h1-4,9,11-15,18-20H,5-6H2,(H,16,17)/t9-,11-,12+,13+,14+/m1/s1. The van der Waals surface area contributed by atoms with Gasteiger partial charge in [-0.15, -0.1) is 0 Å². The van der Waals surface area contributed by atoms with Crippen LogP contribution in [0, 0.1) is 0 Å². The minimum atomic E-state index is -1.53. The Balaban J connectivity index is 2.10. The molecule has 0 bridgehead atoms. The third-order valence-electron chi connectivity index (χ3n) is 3.35. The molecule has 1 aliphatic rings. The quantitative estimate of drug-likeness (QED) is 0.442. The summed E-state index contributed by atoms with van der Waals surface area (Å²) in [4.78, 5) is 10.7. The van der Waals surface area contributed by atoms with E-state index in [9.17, 15) is 20.1 Å². The van der Waals surface area contributed by atoms with Crippen molar-refractivity contribution in [2.24, 2.45) is 0 Å². The lowest BCUT2D eigenvalue weighted by molar-refractivity contribution is -0.277. The number of carbonyl (C=O) groups is 1. The summed E-state index contributed by atoms with van der Waals surface area (Å²) in [6.45, 7) is -0.552. The zero-order chi connectivity index (χ0) is 16.3. The van der Waals surface area contributed by atoms with E-state index < -0.39 is 43.3 Å². The van der Waals surface area contributed by atoms with Gasteiger partial charge in [-0.25, -0.2) is 0 Å². The van der Waals surface area contributed by atoms with Crippen LogP contribution in [-0.2, 0) is 16.0 Å². The van der Waals surface area contributed by atoms with Gasteiger partial charge in [0.25, 0.3) is 0 Å². The largest absolute Gasteiger partial charge is 0.481 e. The third-order valence-corrected chi connectivity index (χ3v) is 3.35. The van der Waals surface area contributed by atoms with Crippen LogP contribution in [0.15, 0.2) is 24.3 Å². The second kappa shape index (κ2) is 7.03. The molecule has 0 aliphatic carbocycles. The summed E-state index contributed by atoms with van der Waals surface area (Å²) in [6.07, 6.45) is -7.05. The van der Waals surface area contributed by atoms with Crippen molar-refractivity contribution in [2.75, 3.05) is 6.61 Å². The molecule has 22 heavy (non-hydrogen) atoms. The molecule has 0 amide bonds. The number of aliphatic hydroxyl groups is 4. The fraction of sp³-hybridized carbons (Fsp3) is 0.500. The van der Waals surface area contributed by atoms with E-state index in [1.807, 2.05) is 0 Å². The molecule has 5 atom stereocenters. The fourth-order valence-electron chi connectivity index (χ4n) is 2.20. The van der Waals surface area contributed by atoms with Crippen molar-refractivity contribution < 1.29 is 39.8 Å². The van der Waals surface area contributed by atoms with Gasteiger partial charge in [-0.05, 0) is 17.7 Å². The van der Waals surface area contributed by atoms with Crippen LogP contribution in [0.4, 0.5) is 0 Å². The van der Waals surface area contributed by atoms with Gasteiger partial charge in [-0.1, -0.05) is 12.1 Å². The zero-order valence-electron chi connectivity index (χ0n) is 11.6. The zero-order valence-corrected chi connectivity index (χ0v) is 11.6. The maximum absolute atomic E-state index is 10.7. The maximum atomic E-state index is 10.7. The van der Waals surface area contributed by atoms with Gasteiger partial charge in [0.1, 0.15) is 30.2 Å². The summed E-state index contributed by atoms with van der Waals surface area (Å²) in [5.74, 6) is -0.756. The molecule has 1 aromatic rings. The lowest BCUT2D eigenvalue weighted by Gasteiger charge is -2.39. The Kier molecular flexibility index (Phi) is 5.33. The Morgan fingerprint density at radius 3 is 2.55 bits per heavy atom. The Hall–Kier alpha value is -1.71. The highest BCUT2D eigenvalue weighted by Crippen LogP contribution is 2.24. The summed E-state index contributed by atoms with van der Waals surface area (Å²) < 4.78 is 10.6. The van der Waals surface area contributed by atoms with Crippen molar-refractivity contribution >= 4 is 5.97 Å². The number of carboxylic acids is 1. The predicted molar refractivity (Wildman–Crippen MR) is 72.2 cm³/mol. The average molecular weight is 314 g/mol. The van der Waals surface area contributed by atoms with Crippen LogP contribution in [0.2, 0.25) is 0 Å². The van der Waals surface area contributed by atoms with Gasteiger partial charge in [0.2, 0.25) is 6.29 Å². The Labute approximate surface area is 126 Å². The summed E-state index contributed by atoms with van der Waals surface area (Å²) in [6, 6.07) is 6.19. The molecule has 1 saturated heterocycles. The van der Waals surface area contributed by atoms with Gasteiger partial charge < -0.3 is 35.0 Å². The van der Waals surface area contributed by atoms with Gasteiger partial charge >= 0.3 is 5.97 Å². The second-order valence-corrected chi connectivity index (χ2v) is 5.03. The van der Waals surface area contributed by atoms with Crippen molar-refractivity contribution in [3.8, 4) is 5.75 Å². The minimum absolute atomic E-state index is 0.189. The first-order valence-electron chi connectivity index (χ1n) is 6.70. The van der Waals surface area contributed by atoms with Crippen molar-refractivity contribution in [1.82, 2.24) is 0 Å². The SMILES string of the molecule is O=C(O)Cc1cccc(O[C@H]2O[C@H](CO)[C@@H](O)[C@H](O)[C@@H]2O)c1. The molecule has 5 N–H and O–H groups in total. The Morgan fingerprint density at radius 1 is 1.18 bits per heavy atom. The Bertz CT molecular complexity index is 517. The maximum Gasteiger partial charge on any atom is 0.307 e. The van der Waals surface area contributed by atoms with Crippen molar-refractivity contribution in [3.05, 3.63) is 29.8 Å². The highest BCUT2D eigenvalue weighted by atomic mass is 16.7. The van der Waals surface area contributed by atoms with E-state index >= 15 is 0 Å². The molecule has 2 rings (SSSR count). The number of aliphatic hydroxyl groups excluding tert-OH is 4. The van der Waals surface area contributed by atoms with Crippen LogP contribution in [0.1, 0.15) is 5.56 Å². The fourth-order valence-corrected chi connectivity index (χ4v) is 2.20. The molecule has 1 aliphatic heterocycles. The highest BCUT2D eigenvalue weighted by molar-refractivity contribution is 5.70. The first-order valence-corrected chi connectivity index (χ1v) is 6.70. The van der Waals surface area contributed by atoms with E-state index in [2.05, 4.69) is 0 Å². The van der Waals surface area contributed by atoms with E-state index in [0.717, 1.165) is 0 Å². The van der Waals surface area contributed by atoms with E-state index in [1.165, 1.54) is 12.1 Å². The summed E-state index contributed by atoms with van der Waals surface area (Å²) in [7, 11) is 0. The normalized spacial score (nSPS) is 31.7. The number of carboxylic acid groups (broad SMARTS) is 1. The molecule has 1 heterocycles. The van der Waals surface area contributed by atoms with Crippen LogP contribution in [0.3, 0.4) is 0 Å². The number of ether oxygens (including phenoxy) is 2. The van der Waals surface area contributed by atoms with Crippen LogP contribution in [-0.4, -0.2) is 68.8 Å². The third kappa shape index (κ3) is 3.73. The smallest absolute Gasteiger partial charge is 0.307 e. The van der Waals surface area contributed by atoms with Crippen molar-refractivity contribution in [1.29, 1.82) is 0 Å². The van der Waals surface area contributed by atoms with Gasteiger partial charge in [-0.2, -0.15) is 0 Å². The predicted octanol–water partition coefficient (Wildman–Crippen LogP) is -1.51. The molecular formula is C14H18O8. The molecule has 122 valence electrons. The Morgan fingerprint density at radius 2 is 1.91 bits per heavy atom. The van der Waals surface area contributed by atoms with E-state index in [0.29, 0.717) is 5.56 Å². The van der Waals surface area contributed by atoms with E-state index in [-0.39, 0.29) is 12.2 Å². The number of benzene rings is 1. The van der Waals surface area contributed by atoms with Gasteiger partial charge in [0, 0.05) is 0 Å². The second-order valence-electron chi connectivity index (χ2n) is 5.03. The molecule has 0 spiro atoms. The molecule has 0 aromatic heterocycles.